The molecule has 2 aromatic carbocycles. The van der Waals surface area contributed by atoms with Gasteiger partial charge in [-0.15, -0.1) is 0 Å². The molecule has 0 bridgehead atoms. The van der Waals surface area contributed by atoms with E-state index in [2.05, 4.69) is 5.32 Å². The van der Waals surface area contributed by atoms with Crippen LogP contribution in [0, 0.1) is 0 Å². The molecule has 192 valence electrons. The van der Waals surface area contributed by atoms with Gasteiger partial charge in [0, 0.05) is 13.1 Å². The first-order chi connectivity index (χ1) is 16.6. The number of hydrogen-bond donors (Lipinski definition) is 1. The van der Waals surface area contributed by atoms with Crippen molar-refractivity contribution in [1.82, 2.24) is 10.2 Å². The smallest absolute Gasteiger partial charge is 0.244 e. The van der Waals surface area contributed by atoms with Crippen molar-refractivity contribution in [2.75, 3.05) is 30.2 Å². The third-order valence-electron chi connectivity index (χ3n) is 5.58. The van der Waals surface area contributed by atoms with Crippen molar-refractivity contribution in [2.45, 2.75) is 45.6 Å². The van der Waals surface area contributed by atoms with Crippen molar-refractivity contribution in [3.63, 3.8) is 0 Å². The van der Waals surface area contributed by atoms with Crippen LogP contribution in [0.4, 0.5) is 5.69 Å². The van der Waals surface area contributed by atoms with Crippen LogP contribution in [0.2, 0.25) is 10.0 Å². The van der Waals surface area contributed by atoms with E-state index in [9.17, 15) is 18.0 Å². The number of hydrogen-bond acceptors (Lipinski definition) is 4. The molecule has 0 unspecified atom stereocenters. The first-order valence-electron chi connectivity index (χ1n) is 11.6. The minimum Gasteiger partial charge on any atom is -0.354 e. The second-order valence-electron chi connectivity index (χ2n) is 8.23. The Bertz CT molecular complexity index is 1100. The molecule has 0 radical (unpaired) electrons. The third-order valence-corrected chi connectivity index (χ3v) is 7.51. The highest BCUT2D eigenvalue weighted by atomic mass is 35.5. The standard InChI is InChI=1S/C25H33Cl2N3O4S/c1-4-6-16-28-25(32)21(5-2)29(17-15-19-11-8-7-9-12-19)23(31)18-30(35(3,33)34)22-14-10-13-20(26)24(22)27/h7-14,21H,4-6,15-18H2,1-3H3,(H,28,32)/t21-/m0/s1. The monoisotopic (exact) mass is 541 g/mol. The molecule has 0 heterocycles. The molecule has 0 fully saturated rings. The number of nitrogens with zero attached hydrogens (tertiary/aromatic N) is 2. The van der Waals surface area contributed by atoms with E-state index >= 15 is 0 Å². The number of sulfonamides is 1. The number of benzene rings is 2. The predicted octanol–water partition coefficient (Wildman–Crippen LogP) is 4.53. The van der Waals surface area contributed by atoms with E-state index in [4.69, 9.17) is 23.2 Å². The van der Waals surface area contributed by atoms with Crippen molar-refractivity contribution < 1.29 is 18.0 Å². The van der Waals surface area contributed by atoms with Gasteiger partial charge in [0.15, 0.2) is 0 Å². The van der Waals surface area contributed by atoms with Crippen molar-refractivity contribution in [2.24, 2.45) is 0 Å². The lowest BCUT2D eigenvalue weighted by Gasteiger charge is -2.33. The summed E-state index contributed by atoms with van der Waals surface area (Å²) in [7, 11) is -3.88. The summed E-state index contributed by atoms with van der Waals surface area (Å²) < 4.78 is 26.2. The van der Waals surface area contributed by atoms with Gasteiger partial charge in [0.2, 0.25) is 21.8 Å². The zero-order chi connectivity index (χ0) is 26.0. The summed E-state index contributed by atoms with van der Waals surface area (Å²) in [5, 5.41) is 3.11. The second kappa shape index (κ2) is 13.7. The summed E-state index contributed by atoms with van der Waals surface area (Å²) >= 11 is 12.4. The van der Waals surface area contributed by atoms with Crippen LogP contribution in [-0.4, -0.2) is 57.1 Å². The number of carbonyl (C=O) groups is 2. The molecule has 0 aliphatic heterocycles. The fourth-order valence-electron chi connectivity index (χ4n) is 3.68. The number of unbranched alkanes of at least 4 members (excludes halogenated alkanes) is 1. The minimum absolute atomic E-state index is 0.0348. The van der Waals surface area contributed by atoms with Gasteiger partial charge in [-0.3, -0.25) is 13.9 Å². The van der Waals surface area contributed by atoms with Crippen molar-refractivity contribution in [1.29, 1.82) is 0 Å². The predicted molar refractivity (Wildman–Crippen MR) is 143 cm³/mol. The second-order valence-corrected chi connectivity index (χ2v) is 10.9. The maximum atomic E-state index is 13.6. The molecular formula is C25H33Cl2N3O4S. The molecule has 0 aliphatic rings. The number of anilines is 1. The molecule has 1 N–H and O–H groups in total. The van der Waals surface area contributed by atoms with Gasteiger partial charge in [0.05, 0.1) is 22.0 Å². The minimum atomic E-state index is -3.88. The van der Waals surface area contributed by atoms with Crippen molar-refractivity contribution >= 4 is 50.7 Å². The Labute approximate surface area is 218 Å². The highest BCUT2D eigenvalue weighted by Crippen LogP contribution is 2.33. The van der Waals surface area contributed by atoms with E-state index < -0.39 is 28.5 Å². The molecular weight excluding hydrogens is 509 g/mol. The summed E-state index contributed by atoms with van der Waals surface area (Å²) in [4.78, 5) is 28.0. The van der Waals surface area contributed by atoms with Crippen LogP contribution in [0.3, 0.4) is 0 Å². The van der Waals surface area contributed by atoms with Gasteiger partial charge in [-0.2, -0.15) is 0 Å². The number of nitrogens with one attached hydrogen (secondary N) is 1. The number of amides is 2. The average molecular weight is 543 g/mol. The van der Waals surface area contributed by atoms with E-state index in [1.54, 1.807) is 6.07 Å². The Morgan fingerprint density at radius 2 is 1.71 bits per heavy atom. The number of rotatable bonds is 13. The molecule has 0 saturated heterocycles. The summed E-state index contributed by atoms with van der Waals surface area (Å²) in [6.07, 6.45) is 3.66. The van der Waals surface area contributed by atoms with Gasteiger partial charge >= 0.3 is 0 Å². The van der Waals surface area contributed by atoms with E-state index in [0.29, 0.717) is 19.4 Å². The molecule has 0 spiro atoms. The summed E-state index contributed by atoms with van der Waals surface area (Å²) in [6, 6.07) is 13.5. The lowest BCUT2D eigenvalue weighted by atomic mass is 10.1. The molecule has 2 rings (SSSR count). The van der Waals surface area contributed by atoms with Crippen LogP contribution in [0.25, 0.3) is 0 Å². The first kappa shape index (κ1) is 28.9. The molecule has 0 aliphatic carbocycles. The van der Waals surface area contributed by atoms with Crippen LogP contribution in [0.1, 0.15) is 38.7 Å². The summed E-state index contributed by atoms with van der Waals surface area (Å²) in [6.45, 7) is 4.12. The topological polar surface area (TPSA) is 86.8 Å². The van der Waals surface area contributed by atoms with Gasteiger partial charge in [0.25, 0.3) is 0 Å². The average Bonchev–Trinajstić information content (AvgIpc) is 2.82. The zero-order valence-electron chi connectivity index (χ0n) is 20.3. The molecule has 10 heteroatoms. The van der Waals surface area contributed by atoms with Crippen LogP contribution in [0.5, 0.6) is 0 Å². The number of carbonyl (C=O) groups excluding carboxylic acids is 2. The van der Waals surface area contributed by atoms with Crippen LogP contribution < -0.4 is 9.62 Å². The van der Waals surface area contributed by atoms with Crippen LogP contribution >= 0.6 is 23.2 Å². The zero-order valence-corrected chi connectivity index (χ0v) is 22.7. The lowest BCUT2D eigenvalue weighted by molar-refractivity contribution is -0.139. The van der Waals surface area contributed by atoms with Crippen LogP contribution in [0.15, 0.2) is 48.5 Å². The Morgan fingerprint density at radius 1 is 1.03 bits per heavy atom. The first-order valence-corrected chi connectivity index (χ1v) is 14.2. The highest BCUT2D eigenvalue weighted by Gasteiger charge is 2.32. The highest BCUT2D eigenvalue weighted by molar-refractivity contribution is 7.92. The number of halogens is 2. The Morgan fingerprint density at radius 3 is 2.31 bits per heavy atom. The van der Waals surface area contributed by atoms with E-state index in [0.717, 1.165) is 29.0 Å². The fourth-order valence-corrected chi connectivity index (χ4v) is 4.98. The van der Waals surface area contributed by atoms with Gasteiger partial charge in [-0.1, -0.05) is 79.9 Å². The normalized spacial score (nSPS) is 12.1. The molecule has 2 aromatic rings. The van der Waals surface area contributed by atoms with Gasteiger partial charge in [-0.05, 0) is 37.0 Å². The Hall–Kier alpha value is -2.29. The third kappa shape index (κ3) is 8.40. The quantitative estimate of drug-likeness (QED) is 0.377. The van der Waals surface area contributed by atoms with E-state index in [1.807, 2.05) is 44.2 Å². The van der Waals surface area contributed by atoms with Crippen molar-refractivity contribution in [3.8, 4) is 0 Å². The molecule has 0 saturated carbocycles. The Kier molecular flexibility index (Phi) is 11.3. The summed E-state index contributed by atoms with van der Waals surface area (Å²) in [5.74, 6) is -0.756. The fraction of sp³-hybridized carbons (Fsp3) is 0.440. The molecule has 35 heavy (non-hydrogen) atoms. The lowest BCUT2D eigenvalue weighted by Crippen LogP contribution is -2.53. The van der Waals surface area contributed by atoms with Gasteiger partial charge in [0.1, 0.15) is 12.6 Å². The van der Waals surface area contributed by atoms with Gasteiger partial charge < -0.3 is 10.2 Å². The molecule has 0 aromatic heterocycles. The Balaban J connectivity index is 2.37. The maximum Gasteiger partial charge on any atom is 0.244 e. The van der Waals surface area contributed by atoms with Crippen molar-refractivity contribution in [3.05, 3.63) is 64.1 Å². The summed E-state index contributed by atoms with van der Waals surface area (Å²) in [5.41, 5.74) is 1.11. The molecule has 2 amide bonds. The maximum absolute atomic E-state index is 13.6. The largest absolute Gasteiger partial charge is 0.354 e. The van der Waals surface area contributed by atoms with Gasteiger partial charge in [-0.25, -0.2) is 8.42 Å². The van der Waals surface area contributed by atoms with Crippen LogP contribution in [-0.2, 0) is 26.0 Å². The molecule has 7 nitrogen and oxygen atoms in total. The van der Waals surface area contributed by atoms with E-state index in [1.165, 1.54) is 17.0 Å². The van der Waals surface area contributed by atoms with E-state index in [-0.39, 0.29) is 28.2 Å². The SMILES string of the molecule is CCCCNC(=O)[C@H](CC)N(CCc1ccccc1)C(=O)CN(c1cccc(Cl)c1Cl)S(C)(=O)=O. The molecule has 1 atom stereocenters.